The summed E-state index contributed by atoms with van der Waals surface area (Å²) < 4.78 is 31.4. The van der Waals surface area contributed by atoms with Gasteiger partial charge in [0, 0.05) is 44.6 Å². The zero-order valence-electron chi connectivity index (χ0n) is 18.7. The number of nitrogens with one attached hydrogen (secondary N) is 2. The van der Waals surface area contributed by atoms with Crippen LogP contribution in [0.1, 0.15) is 18.4 Å². The topological polar surface area (TPSA) is 139 Å². The standard InChI is InChI=1S/C22H28FN7O4/c23-19-15(14-33-22(31)28-20(24)25)2-1-3-18(19)29-6-4-16(5-7-29)34-17-12-26-21(27-13-17)30-8-10-32-11-9-30/h1-3,12-13,16H,4-11,14H2,(H4,24,25,28,31). The van der Waals surface area contributed by atoms with E-state index in [1.165, 1.54) is 0 Å². The Bertz CT molecular complexity index is 993. The number of piperidine rings is 1. The summed E-state index contributed by atoms with van der Waals surface area (Å²) in [6.45, 7) is 3.85. The molecule has 2 aliphatic heterocycles. The molecule has 0 bridgehead atoms. The Morgan fingerprint density at radius 1 is 1.18 bits per heavy atom. The van der Waals surface area contributed by atoms with Crippen LogP contribution in [0.4, 0.5) is 20.8 Å². The Hall–Kier alpha value is -3.67. The predicted octanol–water partition coefficient (Wildman–Crippen LogP) is 1.62. The van der Waals surface area contributed by atoms with Gasteiger partial charge in [-0.25, -0.2) is 19.2 Å². The lowest BCUT2D eigenvalue weighted by Gasteiger charge is -2.34. The number of hydrogen-bond acceptors (Lipinski definition) is 9. The van der Waals surface area contributed by atoms with Crippen molar-refractivity contribution < 1.29 is 23.4 Å². The van der Waals surface area contributed by atoms with Gasteiger partial charge < -0.3 is 29.7 Å². The molecule has 3 heterocycles. The zero-order chi connectivity index (χ0) is 23.9. The van der Waals surface area contributed by atoms with Crippen molar-refractivity contribution in [2.75, 3.05) is 49.2 Å². The minimum atomic E-state index is -0.905. The number of nitrogens with zero attached hydrogens (tertiary/aromatic N) is 4. The third-order valence-corrected chi connectivity index (χ3v) is 5.65. The van der Waals surface area contributed by atoms with Crippen molar-refractivity contribution in [1.29, 1.82) is 5.41 Å². The summed E-state index contributed by atoms with van der Waals surface area (Å²) in [5.41, 5.74) is 5.77. The Kier molecular flexibility index (Phi) is 7.58. The fraction of sp³-hybridized carbons (Fsp3) is 0.455. The number of ether oxygens (including phenoxy) is 3. The zero-order valence-corrected chi connectivity index (χ0v) is 18.7. The van der Waals surface area contributed by atoms with E-state index in [4.69, 9.17) is 25.4 Å². The number of benzene rings is 1. The molecule has 0 atom stereocenters. The largest absolute Gasteiger partial charge is 0.487 e. The molecular weight excluding hydrogens is 445 g/mol. The smallest absolute Gasteiger partial charge is 0.414 e. The van der Waals surface area contributed by atoms with Crippen LogP contribution in [0.5, 0.6) is 5.75 Å². The van der Waals surface area contributed by atoms with Gasteiger partial charge >= 0.3 is 6.09 Å². The van der Waals surface area contributed by atoms with Gasteiger partial charge in [0.2, 0.25) is 5.95 Å². The number of nitrogens with two attached hydrogens (primary N) is 1. The number of carbonyl (C=O) groups is 1. The normalized spacial score (nSPS) is 16.7. The molecule has 182 valence electrons. The van der Waals surface area contributed by atoms with E-state index in [0.717, 1.165) is 13.1 Å². The molecule has 2 aromatic rings. The van der Waals surface area contributed by atoms with Crippen LogP contribution in [0, 0.1) is 11.2 Å². The molecule has 4 rings (SSSR count). The maximum absolute atomic E-state index is 15.0. The van der Waals surface area contributed by atoms with Crippen LogP contribution in [-0.4, -0.2) is 67.5 Å². The molecule has 12 heteroatoms. The average Bonchev–Trinajstić information content (AvgIpc) is 2.85. The third-order valence-electron chi connectivity index (χ3n) is 5.65. The van der Waals surface area contributed by atoms with Gasteiger partial charge in [-0.3, -0.25) is 10.7 Å². The van der Waals surface area contributed by atoms with Crippen molar-refractivity contribution in [2.45, 2.75) is 25.6 Å². The van der Waals surface area contributed by atoms with Gasteiger partial charge in [-0.05, 0) is 6.07 Å². The second-order valence-electron chi connectivity index (χ2n) is 7.99. The van der Waals surface area contributed by atoms with Crippen LogP contribution in [0.15, 0.2) is 30.6 Å². The van der Waals surface area contributed by atoms with Gasteiger partial charge in [0.25, 0.3) is 0 Å². The van der Waals surface area contributed by atoms with Crippen LogP contribution >= 0.6 is 0 Å². The molecule has 2 saturated heterocycles. The number of anilines is 2. The number of alkyl carbamates (subject to hydrolysis) is 1. The first-order chi connectivity index (χ1) is 16.5. The molecule has 2 aliphatic rings. The fourth-order valence-electron chi connectivity index (χ4n) is 3.92. The molecule has 2 fully saturated rings. The fourth-order valence-corrected chi connectivity index (χ4v) is 3.92. The number of guanidine groups is 1. The molecule has 1 aromatic heterocycles. The molecule has 0 spiro atoms. The second kappa shape index (κ2) is 11.0. The predicted molar refractivity (Wildman–Crippen MR) is 123 cm³/mol. The highest BCUT2D eigenvalue weighted by atomic mass is 19.1. The van der Waals surface area contributed by atoms with E-state index >= 15 is 4.39 Å². The van der Waals surface area contributed by atoms with Crippen molar-refractivity contribution in [2.24, 2.45) is 5.73 Å². The summed E-state index contributed by atoms with van der Waals surface area (Å²) in [4.78, 5) is 24.3. The molecule has 34 heavy (non-hydrogen) atoms. The maximum Gasteiger partial charge on any atom is 0.414 e. The van der Waals surface area contributed by atoms with Crippen molar-refractivity contribution in [3.63, 3.8) is 0 Å². The van der Waals surface area contributed by atoms with Crippen LogP contribution < -0.4 is 25.6 Å². The molecule has 1 aromatic carbocycles. The van der Waals surface area contributed by atoms with E-state index in [1.54, 1.807) is 30.6 Å². The van der Waals surface area contributed by atoms with Crippen molar-refractivity contribution >= 4 is 23.7 Å². The third kappa shape index (κ3) is 6.01. The van der Waals surface area contributed by atoms with Crippen molar-refractivity contribution in [1.82, 2.24) is 15.3 Å². The van der Waals surface area contributed by atoms with E-state index in [9.17, 15) is 4.79 Å². The van der Waals surface area contributed by atoms with Crippen LogP contribution in [0.2, 0.25) is 0 Å². The monoisotopic (exact) mass is 473 g/mol. The average molecular weight is 474 g/mol. The number of aromatic nitrogens is 2. The Labute approximate surface area is 196 Å². The molecule has 4 N–H and O–H groups in total. The number of carbonyl (C=O) groups excluding carboxylic acids is 1. The van der Waals surface area contributed by atoms with Crippen LogP contribution in [-0.2, 0) is 16.1 Å². The molecular formula is C22H28FN7O4. The number of morpholine rings is 1. The molecule has 0 saturated carbocycles. The summed E-state index contributed by atoms with van der Waals surface area (Å²) in [5.74, 6) is 0.307. The summed E-state index contributed by atoms with van der Waals surface area (Å²) in [5, 5.41) is 9.01. The van der Waals surface area contributed by atoms with Gasteiger partial charge in [0.05, 0.1) is 31.3 Å². The van der Waals surface area contributed by atoms with Crippen molar-refractivity contribution in [3.8, 4) is 5.75 Å². The first kappa shape index (κ1) is 23.5. The molecule has 0 aliphatic carbocycles. The Morgan fingerprint density at radius 2 is 1.88 bits per heavy atom. The van der Waals surface area contributed by atoms with E-state index in [2.05, 4.69) is 14.9 Å². The highest BCUT2D eigenvalue weighted by Crippen LogP contribution is 2.27. The van der Waals surface area contributed by atoms with E-state index < -0.39 is 17.9 Å². The SMILES string of the molecule is N=C(N)NC(=O)OCc1cccc(N2CCC(Oc3cnc(N4CCOCC4)nc3)CC2)c1F. The van der Waals surface area contributed by atoms with Gasteiger partial charge in [-0.1, -0.05) is 12.1 Å². The van der Waals surface area contributed by atoms with Crippen molar-refractivity contribution in [3.05, 3.63) is 42.0 Å². The minimum absolute atomic E-state index is 0.0149. The Morgan fingerprint density at radius 3 is 2.56 bits per heavy atom. The number of halogens is 1. The van der Waals surface area contributed by atoms with Gasteiger partial charge in [0.1, 0.15) is 12.7 Å². The highest BCUT2D eigenvalue weighted by molar-refractivity contribution is 5.90. The lowest BCUT2D eigenvalue weighted by Crippen LogP contribution is -2.39. The Balaban J connectivity index is 1.29. The number of amides is 1. The summed E-state index contributed by atoms with van der Waals surface area (Å²) in [7, 11) is 0. The van der Waals surface area contributed by atoms with Gasteiger partial charge in [-0.15, -0.1) is 0 Å². The molecule has 0 radical (unpaired) electrons. The first-order valence-electron chi connectivity index (χ1n) is 11.1. The quantitative estimate of drug-likeness (QED) is 0.422. The number of rotatable bonds is 6. The second-order valence-corrected chi connectivity index (χ2v) is 7.99. The maximum atomic E-state index is 15.0. The summed E-state index contributed by atoms with van der Waals surface area (Å²) >= 11 is 0. The van der Waals surface area contributed by atoms with Gasteiger partial charge in [0.15, 0.2) is 17.5 Å². The first-order valence-corrected chi connectivity index (χ1v) is 11.1. The highest BCUT2D eigenvalue weighted by Gasteiger charge is 2.24. The van der Waals surface area contributed by atoms with E-state index in [1.807, 2.05) is 10.2 Å². The molecule has 11 nitrogen and oxygen atoms in total. The van der Waals surface area contributed by atoms with E-state index in [0.29, 0.717) is 56.5 Å². The van der Waals surface area contributed by atoms with E-state index in [-0.39, 0.29) is 18.3 Å². The lowest BCUT2D eigenvalue weighted by atomic mass is 10.1. The summed E-state index contributed by atoms with van der Waals surface area (Å²) in [6.07, 6.45) is 3.89. The molecule has 0 unspecified atom stereocenters. The van der Waals surface area contributed by atoms with Crippen LogP contribution in [0.3, 0.4) is 0 Å². The van der Waals surface area contributed by atoms with Gasteiger partial charge in [-0.2, -0.15) is 0 Å². The molecule has 1 amide bonds. The van der Waals surface area contributed by atoms with Crippen LogP contribution in [0.25, 0.3) is 0 Å². The minimum Gasteiger partial charge on any atom is -0.487 e. The number of hydrogen-bond donors (Lipinski definition) is 3. The summed E-state index contributed by atoms with van der Waals surface area (Å²) in [6, 6.07) is 4.97. The lowest BCUT2D eigenvalue weighted by molar-refractivity contribution is 0.122.